The lowest BCUT2D eigenvalue weighted by Crippen LogP contribution is -2.55. The first kappa shape index (κ1) is 16.6. The zero-order chi connectivity index (χ0) is 17.6. The standard InChI is InChI=1S/C18H26N4O3/c1-10-6-14(4-5-22(10)18(24)12-7-13(19)8-12)20-17(23)15-9-16(25-21-15)11-2-3-11/h9-14H,2-8,19H2,1H3,(H,20,23)/t10-,12-,13-,14?/m0/s1. The molecular formula is C18H26N4O3. The van der Waals surface area contributed by atoms with Gasteiger partial charge in [0.25, 0.3) is 5.91 Å². The van der Waals surface area contributed by atoms with E-state index >= 15 is 0 Å². The number of nitrogens with one attached hydrogen (secondary N) is 1. The van der Waals surface area contributed by atoms with E-state index < -0.39 is 0 Å². The third-order valence-corrected chi connectivity index (χ3v) is 5.76. The Balaban J connectivity index is 1.29. The maximum absolute atomic E-state index is 12.5. The van der Waals surface area contributed by atoms with Crippen molar-refractivity contribution in [2.24, 2.45) is 11.7 Å². The summed E-state index contributed by atoms with van der Waals surface area (Å²) in [6, 6.07) is 2.14. The van der Waals surface area contributed by atoms with E-state index in [1.165, 1.54) is 0 Å². The summed E-state index contributed by atoms with van der Waals surface area (Å²) >= 11 is 0. The molecular weight excluding hydrogens is 320 g/mol. The minimum atomic E-state index is -0.183. The Labute approximate surface area is 147 Å². The first-order chi connectivity index (χ1) is 12.0. The fraction of sp³-hybridized carbons (Fsp3) is 0.722. The summed E-state index contributed by atoms with van der Waals surface area (Å²) < 4.78 is 5.25. The van der Waals surface area contributed by atoms with Gasteiger partial charge in [0.1, 0.15) is 5.76 Å². The van der Waals surface area contributed by atoms with Crippen molar-refractivity contribution in [3.05, 3.63) is 17.5 Å². The summed E-state index contributed by atoms with van der Waals surface area (Å²) in [7, 11) is 0. The Morgan fingerprint density at radius 2 is 2.04 bits per heavy atom. The largest absolute Gasteiger partial charge is 0.360 e. The number of carbonyl (C=O) groups excluding carboxylic acids is 2. The molecule has 7 nitrogen and oxygen atoms in total. The summed E-state index contributed by atoms with van der Waals surface area (Å²) in [5.74, 6) is 1.40. The van der Waals surface area contributed by atoms with E-state index in [0.717, 1.165) is 44.3 Å². The molecule has 1 aliphatic heterocycles. The monoisotopic (exact) mass is 346 g/mol. The van der Waals surface area contributed by atoms with Crippen molar-refractivity contribution in [3.8, 4) is 0 Å². The fourth-order valence-corrected chi connectivity index (χ4v) is 3.94. The van der Waals surface area contributed by atoms with Crippen molar-refractivity contribution in [2.75, 3.05) is 6.54 Å². The fourth-order valence-electron chi connectivity index (χ4n) is 3.94. The molecule has 136 valence electrons. The Morgan fingerprint density at radius 1 is 1.28 bits per heavy atom. The van der Waals surface area contributed by atoms with Gasteiger partial charge < -0.3 is 20.5 Å². The Bertz CT molecular complexity index is 663. The lowest BCUT2D eigenvalue weighted by molar-refractivity contribution is -0.142. The van der Waals surface area contributed by atoms with Crippen LogP contribution in [0.15, 0.2) is 10.6 Å². The van der Waals surface area contributed by atoms with Gasteiger partial charge in [-0.3, -0.25) is 9.59 Å². The molecule has 7 heteroatoms. The molecule has 2 saturated carbocycles. The maximum atomic E-state index is 12.5. The average molecular weight is 346 g/mol. The highest BCUT2D eigenvalue weighted by Gasteiger charge is 2.38. The lowest BCUT2D eigenvalue weighted by atomic mass is 9.79. The van der Waals surface area contributed by atoms with E-state index in [9.17, 15) is 9.59 Å². The molecule has 0 spiro atoms. The number of hydrogen-bond acceptors (Lipinski definition) is 5. The van der Waals surface area contributed by atoms with Gasteiger partial charge in [-0.15, -0.1) is 0 Å². The van der Waals surface area contributed by atoms with Crippen LogP contribution in [0.2, 0.25) is 0 Å². The van der Waals surface area contributed by atoms with Gasteiger partial charge in [-0.05, 0) is 45.4 Å². The molecule has 0 radical (unpaired) electrons. The number of amides is 2. The molecule has 3 aliphatic rings. The summed E-state index contributed by atoms with van der Waals surface area (Å²) in [6.45, 7) is 2.74. The van der Waals surface area contributed by atoms with Crippen molar-refractivity contribution in [1.82, 2.24) is 15.4 Å². The minimum absolute atomic E-state index is 0.0660. The molecule has 4 rings (SSSR count). The first-order valence-electron chi connectivity index (χ1n) is 9.34. The van der Waals surface area contributed by atoms with Gasteiger partial charge in [0.15, 0.2) is 5.69 Å². The van der Waals surface area contributed by atoms with E-state index in [-0.39, 0.29) is 35.9 Å². The van der Waals surface area contributed by atoms with E-state index in [2.05, 4.69) is 17.4 Å². The van der Waals surface area contributed by atoms with Crippen LogP contribution >= 0.6 is 0 Å². The van der Waals surface area contributed by atoms with Crippen molar-refractivity contribution >= 4 is 11.8 Å². The predicted molar refractivity (Wildman–Crippen MR) is 90.8 cm³/mol. The van der Waals surface area contributed by atoms with Crippen LogP contribution in [0.5, 0.6) is 0 Å². The van der Waals surface area contributed by atoms with Crippen molar-refractivity contribution in [2.45, 2.75) is 69.5 Å². The van der Waals surface area contributed by atoms with Crippen LogP contribution < -0.4 is 11.1 Å². The predicted octanol–water partition coefficient (Wildman–Crippen LogP) is 1.40. The third kappa shape index (κ3) is 3.42. The van der Waals surface area contributed by atoms with E-state index in [4.69, 9.17) is 10.3 Å². The van der Waals surface area contributed by atoms with Crippen LogP contribution in [0.25, 0.3) is 0 Å². The number of nitrogens with zero attached hydrogens (tertiary/aromatic N) is 2. The molecule has 25 heavy (non-hydrogen) atoms. The number of piperidine rings is 1. The van der Waals surface area contributed by atoms with Crippen LogP contribution in [0.3, 0.4) is 0 Å². The molecule has 2 aliphatic carbocycles. The summed E-state index contributed by atoms with van der Waals surface area (Å²) in [5, 5.41) is 6.93. The second kappa shape index (κ2) is 6.44. The summed E-state index contributed by atoms with van der Waals surface area (Å²) in [5.41, 5.74) is 6.15. The summed E-state index contributed by atoms with van der Waals surface area (Å²) in [6.07, 6.45) is 5.38. The second-order valence-electron chi connectivity index (χ2n) is 7.89. The normalized spacial score (nSPS) is 32.2. The van der Waals surface area contributed by atoms with E-state index in [0.29, 0.717) is 18.2 Å². The van der Waals surface area contributed by atoms with Gasteiger partial charge in [0, 0.05) is 42.6 Å². The Hall–Kier alpha value is -1.89. The topological polar surface area (TPSA) is 101 Å². The number of hydrogen-bond donors (Lipinski definition) is 2. The molecule has 1 aromatic rings. The number of nitrogens with two attached hydrogens (primary N) is 1. The van der Waals surface area contributed by atoms with Gasteiger partial charge in [0.2, 0.25) is 5.91 Å². The highest BCUT2D eigenvalue weighted by Crippen LogP contribution is 2.40. The molecule has 2 atom stereocenters. The molecule has 0 bridgehead atoms. The van der Waals surface area contributed by atoms with Crippen molar-refractivity contribution < 1.29 is 14.1 Å². The average Bonchev–Trinajstić information content (AvgIpc) is 3.28. The molecule has 2 heterocycles. The van der Waals surface area contributed by atoms with Gasteiger partial charge in [-0.25, -0.2) is 0 Å². The third-order valence-electron chi connectivity index (χ3n) is 5.76. The smallest absolute Gasteiger partial charge is 0.273 e. The zero-order valence-electron chi connectivity index (χ0n) is 14.6. The molecule has 0 aromatic carbocycles. The highest BCUT2D eigenvalue weighted by molar-refractivity contribution is 5.92. The molecule has 2 amide bonds. The van der Waals surface area contributed by atoms with Gasteiger partial charge in [-0.1, -0.05) is 5.16 Å². The first-order valence-corrected chi connectivity index (χ1v) is 9.34. The van der Waals surface area contributed by atoms with Crippen molar-refractivity contribution in [3.63, 3.8) is 0 Å². The number of carbonyl (C=O) groups is 2. The van der Waals surface area contributed by atoms with Gasteiger partial charge in [-0.2, -0.15) is 0 Å². The van der Waals surface area contributed by atoms with Gasteiger partial charge in [0.05, 0.1) is 0 Å². The number of likely N-dealkylation sites (tertiary alicyclic amines) is 1. The maximum Gasteiger partial charge on any atom is 0.273 e. The minimum Gasteiger partial charge on any atom is -0.360 e. The Kier molecular flexibility index (Phi) is 4.27. The van der Waals surface area contributed by atoms with Gasteiger partial charge >= 0.3 is 0 Å². The zero-order valence-corrected chi connectivity index (χ0v) is 14.6. The molecule has 3 fully saturated rings. The number of rotatable bonds is 4. The quantitative estimate of drug-likeness (QED) is 0.858. The van der Waals surface area contributed by atoms with Crippen LogP contribution in [0.4, 0.5) is 0 Å². The van der Waals surface area contributed by atoms with Crippen LogP contribution in [0, 0.1) is 5.92 Å². The van der Waals surface area contributed by atoms with Crippen LogP contribution in [-0.2, 0) is 4.79 Å². The van der Waals surface area contributed by atoms with Crippen molar-refractivity contribution in [1.29, 1.82) is 0 Å². The Morgan fingerprint density at radius 3 is 2.68 bits per heavy atom. The van der Waals surface area contributed by atoms with Crippen LogP contribution in [0.1, 0.15) is 67.6 Å². The molecule has 1 saturated heterocycles. The van der Waals surface area contributed by atoms with Crippen LogP contribution in [-0.4, -0.2) is 46.5 Å². The molecule has 3 N–H and O–H groups in total. The summed E-state index contributed by atoms with van der Waals surface area (Å²) in [4.78, 5) is 26.8. The van der Waals surface area contributed by atoms with E-state index in [1.807, 2.05) is 4.90 Å². The highest BCUT2D eigenvalue weighted by atomic mass is 16.5. The number of aromatic nitrogens is 1. The second-order valence-corrected chi connectivity index (χ2v) is 7.89. The SMILES string of the molecule is C[C@H]1CC(NC(=O)c2cc(C3CC3)on2)CCN1C(=O)[C@H]1C[C@H](N)C1. The lowest BCUT2D eigenvalue weighted by Gasteiger charge is -2.42. The molecule has 1 aromatic heterocycles. The van der Waals surface area contributed by atoms with E-state index in [1.54, 1.807) is 6.07 Å². The molecule has 1 unspecified atom stereocenters.